The fraction of sp³-hybridized carbons (Fsp3) is 0.875. The van der Waals surface area contributed by atoms with E-state index in [1.54, 1.807) is 7.11 Å². The van der Waals surface area contributed by atoms with Gasteiger partial charge in [-0.1, -0.05) is 0 Å². The zero-order chi connectivity index (χ0) is 8.74. The first-order valence-corrected chi connectivity index (χ1v) is 3.62. The molecule has 0 bridgehead atoms. The molecule has 0 aromatic carbocycles. The number of rotatable bonds is 5. The van der Waals surface area contributed by atoms with Gasteiger partial charge < -0.3 is 9.47 Å². The minimum absolute atomic E-state index is 0.244. The van der Waals surface area contributed by atoms with Crippen molar-refractivity contribution in [1.29, 1.82) is 5.26 Å². The van der Waals surface area contributed by atoms with Crippen molar-refractivity contribution < 1.29 is 9.47 Å². The molecule has 3 nitrogen and oxygen atoms in total. The number of hydrogen-bond acceptors (Lipinski definition) is 3. The van der Waals surface area contributed by atoms with Gasteiger partial charge in [-0.25, -0.2) is 0 Å². The number of methoxy groups -OCH3 is 1. The Labute approximate surface area is 67.9 Å². The summed E-state index contributed by atoms with van der Waals surface area (Å²) in [4.78, 5) is 0. The molecule has 3 heteroatoms. The van der Waals surface area contributed by atoms with Crippen LogP contribution in [0.1, 0.15) is 26.7 Å². The summed E-state index contributed by atoms with van der Waals surface area (Å²) in [6.07, 6.45) is 1.27. The van der Waals surface area contributed by atoms with Crippen molar-refractivity contribution in [3.63, 3.8) is 0 Å². The fourth-order valence-corrected chi connectivity index (χ4v) is 0.648. The zero-order valence-corrected chi connectivity index (χ0v) is 7.39. The topological polar surface area (TPSA) is 42.2 Å². The van der Waals surface area contributed by atoms with E-state index in [-0.39, 0.29) is 5.60 Å². The molecule has 0 saturated carbocycles. The first-order valence-electron chi connectivity index (χ1n) is 3.62. The molecule has 0 spiro atoms. The second-order valence-electron chi connectivity index (χ2n) is 2.97. The van der Waals surface area contributed by atoms with Crippen molar-refractivity contribution in [2.75, 3.05) is 13.9 Å². The normalized spacial score (nSPS) is 11.1. The third kappa shape index (κ3) is 5.84. The van der Waals surface area contributed by atoms with E-state index in [0.717, 1.165) is 6.42 Å². The maximum Gasteiger partial charge on any atom is 0.147 e. The average Bonchev–Trinajstić information content (AvgIpc) is 1.97. The Kier molecular flexibility index (Phi) is 4.84. The second-order valence-corrected chi connectivity index (χ2v) is 2.97. The van der Waals surface area contributed by atoms with Crippen molar-refractivity contribution in [3.8, 4) is 6.07 Å². The number of ether oxygens (including phenoxy) is 2. The molecule has 0 amide bonds. The van der Waals surface area contributed by atoms with Crippen LogP contribution < -0.4 is 0 Å². The van der Waals surface area contributed by atoms with Gasteiger partial charge >= 0.3 is 0 Å². The monoisotopic (exact) mass is 157 g/mol. The molecule has 0 rings (SSSR count). The van der Waals surface area contributed by atoms with Crippen LogP contribution in [0.4, 0.5) is 0 Å². The molecule has 0 saturated heterocycles. The SMILES string of the molecule is COCOC(C)(C)CCC#N. The molecule has 0 aromatic heterocycles. The Hall–Kier alpha value is -0.590. The summed E-state index contributed by atoms with van der Waals surface area (Å²) in [5, 5.41) is 8.32. The van der Waals surface area contributed by atoms with Crippen LogP contribution in [0.5, 0.6) is 0 Å². The second kappa shape index (κ2) is 5.11. The Balaban J connectivity index is 3.54. The highest BCUT2D eigenvalue weighted by Gasteiger charge is 2.17. The highest BCUT2D eigenvalue weighted by Crippen LogP contribution is 2.15. The summed E-state index contributed by atoms with van der Waals surface area (Å²) in [5.41, 5.74) is -0.244. The van der Waals surface area contributed by atoms with Gasteiger partial charge in [0.2, 0.25) is 0 Å². The van der Waals surface area contributed by atoms with E-state index in [4.69, 9.17) is 14.7 Å². The van der Waals surface area contributed by atoms with Crippen LogP contribution >= 0.6 is 0 Å². The predicted molar refractivity (Wildman–Crippen MR) is 41.9 cm³/mol. The molecule has 0 fully saturated rings. The van der Waals surface area contributed by atoms with Gasteiger partial charge in [0.05, 0.1) is 11.7 Å². The third-order valence-electron chi connectivity index (χ3n) is 1.41. The van der Waals surface area contributed by atoms with Crippen LogP contribution in [-0.4, -0.2) is 19.5 Å². The largest absolute Gasteiger partial charge is 0.359 e. The molecule has 0 N–H and O–H groups in total. The summed E-state index contributed by atoms with van der Waals surface area (Å²) in [6, 6.07) is 2.08. The molecule has 0 radical (unpaired) electrons. The lowest BCUT2D eigenvalue weighted by molar-refractivity contribution is -0.116. The van der Waals surface area contributed by atoms with Gasteiger partial charge in [-0.15, -0.1) is 0 Å². The first-order chi connectivity index (χ1) is 5.12. The predicted octanol–water partition coefficient (Wildman–Crippen LogP) is 1.69. The molecule has 11 heavy (non-hydrogen) atoms. The lowest BCUT2D eigenvalue weighted by atomic mass is 10.0. The highest BCUT2D eigenvalue weighted by atomic mass is 16.7. The van der Waals surface area contributed by atoms with E-state index in [0.29, 0.717) is 13.2 Å². The molecular weight excluding hydrogens is 142 g/mol. The first kappa shape index (κ1) is 10.4. The summed E-state index contributed by atoms with van der Waals surface area (Å²) in [6.45, 7) is 4.19. The van der Waals surface area contributed by atoms with Crippen molar-refractivity contribution >= 4 is 0 Å². The van der Waals surface area contributed by atoms with Gasteiger partial charge in [-0.2, -0.15) is 5.26 Å². The smallest absolute Gasteiger partial charge is 0.147 e. The van der Waals surface area contributed by atoms with Crippen molar-refractivity contribution in [2.24, 2.45) is 0 Å². The lowest BCUT2D eigenvalue weighted by Crippen LogP contribution is -2.25. The van der Waals surface area contributed by atoms with E-state index >= 15 is 0 Å². The Bertz CT molecular complexity index is 138. The summed E-state index contributed by atoms with van der Waals surface area (Å²) in [7, 11) is 1.58. The van der Waals surface area contributed by atoms with Crippen molar-refractivity contribution in [2.45, 2.75) is 32.3 Å². The maximum atomic E-state index is 8.32. The fourth-order valence-electron chi connectivity index (χ4n) is 0.648. The minimum Gasteiger partial charge on any atom is -0.359 e. The van der Waals surface area contributed by atoms with Gasteiger partial charge in [0.25, 0.3) is 0 Å². The summed E-state index contributed by atoms with van der Waals surface area (Å²) < 4.78 is 10.1. The van der Waals surface area contributed by atoms with Crippen molar-refractivity contribution in [3.05, 3.63) is 0 Å². The van der Waals surface area contributed by atoms with E-state index < -0.39 is 0 Å². The highest BCUT2D eigenvalue weighted by molar-refractivity contribution is 4.77. The standard InChI is InChI=1S/C8H15NO2/c1-8(2,5-4-6-9)11-7-10-3/h4-5,7H2,1-3H3. The molecule has 0 unspecified atom stereocenters. The molecule has 0 aliphatic carbocycles. The Morgan fingerprint density at radius 2 is 2.09 bits per heavy atom. The van der Waals surface area contributed by atoms with E-state index in [2.05, 4.69) is 6.07 Å². The molecular formula is C8H15NO2. The number of nitriles is 1. The van der Waals surface area contributed by atoms with Gasteiger partial charge in [0.1, 0.15) is 6.79 Å². The number of hydrogen-bond donors (Lipinski definition) is 0. The molecule has 0 aliphatic rings. The van der Waals surface area contributed by atoms with Crippen LogP contribution in [-0.2, 0) is 9.47 Å². The van der Waals surface area contributed by atoms with E-state index in [1.165, 1.54) is 0 Å². The van der Waals surface area contributed by atoms with Crippen LogP contribution in [0.3, 0.4) is 0 Å². The summed E-state index contributed by atoms with van der Waals surface area (Å²) in [5.74, 6) is 0. The average molecular weight is 157 g/mol. The third-order valence-corrected chi connectivity index (χ3v) is 1.41. The van der Waals surface area contributed by atoms with E-state index in [9.17, 15) is 0 Å². The maximum absolute atomic E-state index is 8.32. The molecule has 0 aliphatic heterocycles. The number of nitrogens with zero attached hydrogens (tertiary/aromatic N) is 1. The quantitative estimate of drug-likeness (QED) is 0.570. The molecule has 0 aromatic rings. The minimum atomic E-state index is -0.244. The zero-order valence-electron chi connectivity index (χ0n) is 7.39. The van der Waals surface area contributed by atoms with Gasteiger partial charge in [0, 0.05) is 13.5 Å². The van der Waals surface area contributed by atoms with Gasteiger partial charge in [-0.3, -0.25) is 0 Å². The lowest BCUT2D eigenvalue weighted by Gasteiger charge is -2.23. The van der Waals surface area contributed by atoms with Crippen LogP contribution in [0.2, 0.25) is 0 Å². The molecule has 64 valence electrons. The van der Waals surface area contributed by atoms with Crippen LogP contribution in [0.15, 0.2) is 0 Å². The van der Waals surface area contributed by atoms with Gasteiger partial charge in [0.15, 0.2) is 0 Å². The van der Waals surface area contributed by atoms with Crippen molar-refractivity contribution in [1.82, 2.24) is 0 Å². The Morgan fingerprint density at radius 3 is 2.55 bits per heavy atom. The Morgan fingerprint density at radius 1 is 1.45 bits per heavy atom. The van der Waals surface area contributed by atoms with Crippen LogP contribution in [0, 0.1) is 11.3 Å². The van der Waals surface area contributed by atoms with Gasteiger partial charge in [-0.05, 0) is 20.3 Å². The molecule has 0 atom stereocenters. The van der Waals surface area contributed by atoms with Crippen LogP contribution in [0.25, 0.3) is 0 Å². The molecule has 0 heterocycles. The van der Waals surface area contributed by atoms with E-state index in [1.807, 2.05) is 13.8 Å². The summed E-state index contributed by atoms with van der Waals surface area (Å²) >= 11 is 0.